The number of carbonyl (C=O) groups excluding carboxylic acids is 1. The van der Waals surface area contributed by atoms with Crippen LogP contribution in [0.4, 0.5) is 8.78 Å². The molecule has 0 saturated carbocycles. The molecule has 0 spiro atoms. The molecule has 2 aliphatic rings. The highest BCUT2D eigenvalue weighted by atomic mass is 19.3. The summed E-state index contributed by atoms with van der Waals surface area (Å²) in [5.41, 5.74) is 1.84. The molecular weight excluding hydrogens is 414 g/mol. The lowest BCUT2D eigenvalue weighted by atomic mass is 9.91. The van der Waals surface area contributed by atoms with Crippen LogP contribution in [0.5, 0.6) is 5.75 Å². The fourth-order valence-corrected chi connectivity index (χ4v) is 4.14. The first-order chi connectivity index (χ1) is 15.3. The van der Waals surface area contributed by atoms with Crippen LogP contribution in [0.3, 0.4) is 0 Å². The number of benzene rings is 1. The number of carbonyl (C=O) groups is 1. The van der Waals surface area contributed by atoms with Gasteiger partial charge in [0.2, 0.25) is 5.91 Å². The van der Waals surface area contributed by atoms with Crippen LogP contribution < -0.4 is 4.74 Å². The summed E-state index contributed by atoms with van der Waals surface area (Å²) in [5.74, 6) is 6.21. The average Bonchev–Trinajstić information content (AvgIpc) is 3.14. The smallest absolute Gasteiger partial charge is 0.252 e. The lowest BCUT2D eigenvalue weighted by Crippen LogP contribution is -2.44. The summed E-state index contributed by atoms with van der Waals surface area (Å²) in [6.07, 6.45) is 4.06. The molecule has 0 unspecified atom stereocenters. The first-order valence-corrected chi connectivity index (χ1v) is 10.3. The normalized spacial score (nSPS) is 19.3. The highest BCUT2D eigenvalue weighted by Crippen LogP contribution is 2.46. The number of pyridine rings is 1. The van der Waals surface area contributed by atoms with E-state index in [1.807, 2.05) is 18.2 Å². The van der Waals surface area contributed by atoms with Crippen LogP contribution in [0.25, 0.3) is 11.0 Å². The summed E-state index contributed by atoms with van der Waals surface area (Å²) in [6.45, 7) is 2.82. The monoisotopic (exact) mass is 434 g/mol. The maximum atomic E-state index is 13.5. The number of hydrogen-bond donors (Lipinski definition) is 0. The molecule has 0 N–H and O–H groups in total. The van der Waals surface area contributed by atoms with Crippen molar-refractivity contribution in [1.82, 2.24) is 19.9 Å². The number of alkyl halides is 2. The molecule has 1 aromatic carbocycles. The molecule has 1 fully saturated rings. The van der Waals surface area contributed by atoms with Gasteiger partial charge in [-0.15, -0.1) is 0 Å². The summed E-state index contributed by atoms with van der Waals surface area (Å²) >= 11 is 0. The molecule has 0 radical (unpaired) electrons. The van der Waals surface area contributed by atoms with Crippen LogP contribution in [0.15, 0.2) is 43.0 Å². The zero-order valence-corrected chi connectivity index (χ0v) is 17.5. The van der Waals surface area contributed by atoms with E-state index in [4.69, 9.17) is 4.74 Å². The lowest BCUT2D eigenvalue weighted by molar-refractivity contribution is -0.149. The molecule has 3 aromatic rings. The highest BCUT2D eigenvalue weighted by Gasteiger charge is 2.49. The van der Waals surface area contributed by atoms with Gasteiger partial charge in [0.15, 0.2) is 0 Å². The molecule has 1 saturated heterocycles. The third-order valence-electron chi connectivity index (χ3n) is 6.00. The zero-order chi connectivity index (χ0) is 22.5. The molecule has 2 bridgehead atoms. The number of nitrogens with zero attached hydrogens (tertiary/aromatic N) is 4. The van der Waals surface area contributed by atoms with E-state index in [2.05, 4.69) is 26.8 Å². The maximum absolute atomic E-state index is 13.5. The molecule has 5 rings (SSSR count). The maximum Gasteiger partial charge on any atom is 0.252 e. The predicted octanol–water partition coefficient (Wildman–Crippen LogP) is 3.75. The van der Waals surface area contributed by atoms with Crippen molar-refractivity contribution >= 4 is 16.9 Å². The largest absolute Gasteiger partial charge is 0.487 e. The number of aromatic nitrogens is 3. The topological polar surface area (TPSA) is 68.2 Å². The zero-order valence-electron chi connectivity index (χ0n) is 17.5. The van der Waals surface area contributed by atoms with Gasteiger partial charge in [-0.05, 0) is 32.0 Å². The van der Waals surface area contributed by atoms with Gasteiger partial charge in [0, 0.05) is 42.3 Å². The van der Waals surface area contributed by atoms with Crippen molar-refractivity contribution in [3.8, 4) is 17.6 Å². The van der Waals surface area contributed by atoms with E-state index in [0.29, 0.717) is 23.3 Å². The Kier molecular flexibility index (Phi) is 4.77. The number of likely N-dealkylation sites (tertiary alicyclic amines) is 1. The Morgan fingerprint density at radius 3 is 2.75 bits per heavy atom. The molecule has 8 heteroatoms. The lowest BCUT2D eigenvalue weighted by Gasteiger charge is -2.32. The van der Waals surface area contributed by atoms with Crippen molar-refractivity contribution in [3.63, 3.8) is 0 Å². The van der Waals surface area contributed by atoms with E-state index in [1.54, 1.807) is 24.8 Å². The van der Waals surface area contributed by atoms with Gasteiger partial charge in [0.1, 0.15) is 17.3 Å². The molecule has 1 amide bonds. The summed E-state index contributed by atoms with van der Waals surface area (Å²) in [7, 11) is 0. The Balaban J connectivity index is 1.48. The van der Waals surface area contributed by atoms with E-state index >= 15 is 0 Å². The van der Waals surface area contributed by atoms with Crippen molar-refractivity contribution in [2.24, 2.45) is 5.41 Å². The molecular formula is C24H20F2N4O2. The van der Waals surface area contributed by atoms with Crippen LogP contribution >= 0.6 is 0 Å². The third kappa shape index (κ3) is 3.34. The van der Waals surface area contributed by atoms with Crippen molar-refractivity contribution in [2.75, 3.05) is 6.54 Å². The van der Waals surface area contributed by atoms with Gasteiger partial charge in [-0.25, -0.2) is 8.78 Å². The number of halogens is 2. The molecule has 0 aliphatic carbocycles. The second-order valence-electron chi connectivity index (χ2n) is 8.59. The third-order valence-corrected chi connectivity index (χ3v) is 6.00. The SMILES string of the molecule is CC(C)(C(=O)N1C[C@@H]2C[C@H]1c1cncc(C#Cc3ccc4nccnc4c3)c1O2)C(F)F. The molecule has 6 nitrogen and oxygen atoms in total. The van der Waals surface area contributed by atoms with Gasteiger partial charge in [-0.1, -0.05) is 11.8 Å². The molecule has 162 valence electrons. The molecule has 32 heavy (non-hydrogen) atoms. The Morgan fingerprint density at radius 2 is 1.97 bits per heavy atom. The second-order valence-corrected chi connectivity index (χ2v) is 8.59. The molecule has 2 atom stereocenters. The molecule has 4 heterocycles. The fraction of sp³-hybridized carbons (Fsp3) is 0.333. The highest BCUT2D eigenvalue weighted by molar-refractivity contribution is 5.83. The number of hydrogen-bond acceptors (Lipinski definition) is 5. The van der Waals surface area contributed by atoms with Crippen LogP contribution in [0.1, 0.15) is 43.0 Å². The van der Waals surface area contributed by atoms with Gasteiger partial charge in [-0.2, -0.15) is 0 Å². The van der Waals surface area contributed by atoms with Gasteiger partial charge >= 0.3 is 0 Å². The van der Waals surface area contributed by atoms with E-state index in [-0.39, 0.29) is 18.7 Å². The van der Waals surface area contributed by atoms with E-state index in [0.717, 1.165) is 16.6 Å². The number of fused-ring (bicyclic) bond motifs is 5. The second kappa shape index (κ2) is 7.52. The predicted molar refractivity (Wildman–Crippen MR) is 113 cm³/mol. The number of ether oxygens (including phenoxy) is 1. The Bertz CT molecular complexity index is 1280. The Morgan fingerprint density at radius 1 is 1.19 bits per heavy atom. The van der Waals surface area contributed by atoms with Crippen LogP contribution in [-0.4, -0.2) is 44.8 Å². The standard InChI is InChI=1S/C24H20F2N4O2/c1-24(2,22(25)26)23(31)30-13-16-10-20(30)17-12-27-11-15(21(17)32-16)5-3-14-4-6-18-19(9-14)29-8-7-28-18/h4,6-9,11-12,16,20,22H,10,13H2,1-2H3/t16-,20-/m0/s1. The average molecular weight is 434 g/mol. The van der Waals surface area contributed by atoms with Crippen LogP contribution in [-0.2, 0) is 4.79 Å². The quantitative estimate of drug-likeness (QED) is 0.575. The first-order valence-electron chi connectivity index (χ1n) is 10.3. The van der Waals surface area contributed by atoms with Gasteiger partial charge < -0.3 is 9.64 Å². The first kappa shape index (κ1) is 20.3. The minimum Gasteiger partial charge on any atom is -0.487 e. The van der Waals surface area contributed by atoms with Crippen molar-refractivity contribution in [1.29, 1.82) is 0 Å². The minimum atomic E-state index is -2.75. The van der Waals surface area contributed by atoms with E-state index < -0.39 is 17.7 Å². The molecule has 2 aliphatic heterocycles. The summed E-state index contributed by atoms with van der Waals surface area (Å²) in [5, 5.41) is 0. The number of rotatable bonds is 2. The van der Waals surface area contributed by atoms with Gasteiger partial charge in [-0.3, -0.25) is 19.7 Å². The van der Waals surface area contributed by atoms with E-state index in [1.165, 1.54) is 18.7 Å². The van der Waals surface area contributed by atoms with Crippen LogP contribution in [0, 0.1) is 17.3 Å². The Labute approximate surface area is 183 Å². The van der Waals surface area contributed by atoms with Crippen LogP contribution in [0.2, 0.25) is 0 Å². The Hall–Kier alpha value is -3.60. The van der Waals surface area contributed by atoms with Gasteiger partial charge in [0.25, 0.3) is 6.43 Å². The minimum absolute atomic E-state index is 0.260. The van der Waals surface area contributed by atoms with Crippen molar-refractivity contribution in [3.05, 3.63) is 59.7 Å². The van der Waals surface area contributed by atoms with Crippen molar-refractivity contribution < 1.29 is 18.3 Å². The fourth-order valence-electron chi connectivity index (χ4n) is 4.14. The van der Waals surface area contributed by atoms with Crippen molar-refractivity contribution in [2.45, 2.75) is 38.8 Å². The molecule has 2 aromatic heterocycles. The summed E-state index contributed by atoms with van der Waals surface area (Å²) in [4.78, 5) is 27.2. The summed E-state index contributed by atoms with van der Waals surface area (Å²) in [6, 6.07) is 5.23. The summed E-state index contributed by atoms with van der Waals surface area (Å²) < 4.78 is 33.0. The number of amides is 1. The van der Waals surface area contributed by atoms with E-state index in [9.17, 15) is 13.6 Å². The van der Waals surface area contributed by atoms with Gasteiger partial charge in [0.05, 0.1) is 29.2 Å².